The molecule has 0 spiro atoms. The van der Waals surface area contributed by atoms with Crippen LogP contribution in [-0.2, 0) is 19.2 Å². The van der Waals surface area contributed by atoms with Crippen molar-refractivity contribution in [3.8, 4) is 0 Å². The summed E-state index contributed by atoms with van der Waals surface area (Å²) in [5.74, 6) is -7.99. The van der Waals surface area contributed by atoms with Gasteiger partial charge in [0.1, 0.15) is 20.1 Å². The summed E-state index contributed by atoms with van der Waals surface area (Å²) in [4.78, 5) is 63.2. The molecule has 2 aliphatic carbocycles. The lowest BCUT2D eigenvalue weighted by Gasteiger charge is -2.08. The molecule has 2 aliphatic heterocycles. The summed E-state index contributed by atoms with van der Waals surface area (Å²) >= 11 is 20.7. The van der Waals surface area contributed by atoms with Crippen LogP contribution in [0.15, 0.2) is 43.2 Å². The van der Waals surface area contributed by atoms with Crippen LogP contribution in [0.5, 0.6) is 0 Å². The Bertz CT molecular complexity index is 915. The molecule has 0 bridgehead atoms. The van der Waals surface area contributed by atoms with Gasteiger partial charge in [-0.25, -0.2) is 9.59 Å². The number of aliphatic hydroxyl groups is 4. The number of amides is 4. The van der Waals surface area contributed by atoms with Gasteiger partial charge in [0.15, 0.2) is 23.0 Å². The fraction of sp³-hybridized carbons (Fsp3) is 0.222. The number of rotatable bonds is 0. The van der Waals surface area contributed by atoms with Crippen LogP contribution >= 0.6 is 46.4 Å². The third-order valence-corrected chi connectivity index (χ3v) is 5.28. The molecule has 0 saturated carbocycles. The summed E-state index contributed by atoms with van der Waals surface area (Å²) in [7, 11) is 0. The summed E-state index contributed by atoms with van der Waals surface area (Å²) in [6.07, 6.45) is 0. The van der Waals surface area contributed by atoms with Crippen LogP contribution in [0.25, 0.3) is 0 Å². The fourth-order valence-electron chi connectivity index (χ4n) is 2.07. The van der Waals surface area contributed by atoms with Crippen LogP contribution in [0.2, 0.25) is 0 Å². The second kappa shape index (κ2) is 13.6. The number of urea groups is 2. The highest BCUT2D eigenvalue weighted by Crippen LogP contribution is 2.27. The van der Waals surface area contributed by atoms with Gasteiger partial charge in [0.05, 0.1) is 0 Å². The van der Waals surface area contributed by atoms with Gasteiger partial charge in [-0.1, -0.05) is 46.4 Å². The molecular formula is C18H16Cl4N4O10. The first-order valence-electron chi connectivity index (χ1n) is 9.29. The molecule has 8 N–H and O–H groups in total. The number of Topliss-reactive ketones (excluding diaryl/α,β-unsaturated/α-hetero) is 4. The third kappa shape index (κ3) is 7.78. The van der Waals surface area contributed by atoms with Crippen molar-refractivity contribution < 1.29 is 49.2 Å². The first-order valence-corrected chi connectivity index (χ1v) is 10.8. The van der Waals surface area contributed by atoms with E-state index in [9.17, 15) is 28.8 Å². The molecule has 0 aromatic carbocycles. The number of halogens is 4. The van der Waals surface area contributed by atoms with E-state index < -0.39 is 66.3 Å². The molecule has 4 aliphatic rings. The molecular weight excluding hydrogens is 574 g/mol. The predicted molar refractivity (Wildman–Crippen MR) is 125 cm³/mol. The quantitative estimate of drug-likeness (QED) is 0.186. The highest BCUT2D eigenvalue weighted by Gasteiger charge is 2.34. The summed E-state index contributed by atoms with van der Waals surface area (Å²) < 4.78 is 0. The van der Waals surface area contributed by atoms with Crippen LogP contribution in [0.1, 0.15) is 0 Å². The smallest absolute Gasteiger partial charge is 0.314 e. The second-order valence-electron chi connectivity index (χ2n) is 6.33. The van der Waals surface area contributed by atoms with Gasteiger partial charge in [0.2, 0.25) is 23.1 Å². The minimum Gasteiger partial charge on any atom is -0.503 e. The van der Waals surface area contributed by atoms with Crippen molar-refractivity contribution >= 4 is 81.6 Å². The molecule has 4 amide bonds. The Kier molecular flexibility index (Phi) is 11.5. The van der Waals surface area contributed by atoms with Gasteiger partial charge in [-0.15, -0.1) is 0 Å². The molecule has 196 valence electrons. The largest absolute Gasteiger partial charge is 0.503 e. The third-order valence-electron chi connectivity index (χ3n) is 3.88. The maximum Gasteiger partial charge on any atom is 0.314 e. The van der Waals surface area contributed by atoms with E-state index in [2.05, 4.69) is 21.3 Å². The average Bonchev–Trinajstić information content (AvgIpc) is 3.56. The fourth-order valence-corrected chi connectivity index (χ4v) is 2.78. The van der Waals surface area contributed by atoms with Crippen LogP contribution in [0.3, 0.4) is 0 Å². The van der Waals surface area contributed by atoms with Crippen LogP contribution in [0.4, 0.5) is 9.59 Å². The Morgan fingerprint density at radius 1 is 0.417 bits per heavy atom. The zero-order valence-electron chi connectivity index (χ0n) is 17.6. The number of hydrogen-bond acceptors (Lipinski definition) is 10. The van der Waals surface area contributed by atoms with E-state index in [1.54, 1.807) is 0 Å². The lowest BCUT2D eigenvalue weighted by molar-refractivity contribution is -0.119. The molecule has 4 rings (SSSR count). The van der Waals surface area contributed by atoms with Crippen LogP contribution < -0.4 is 21.3 Å². The van der Waals surface area contributed by atoms with Crippen molar-refractivity contribution in [1.82, 2.24) is 21.3 Å². The van der Waals surface area contributed by atoms with Crippen LogP contribution in [-0.4, -0.2) is 81.8 Å². The zero-order chi connectivity index (χ0) is 27.7. The lowest BCUT2D eigenvalue weighted by atomic mass is 10.1. The zero-order valence-corrected chi connectivity index (χ0v) is 20.6. The topological polar surface area (TPSA) is 231 Å². The number of allylic oxidation sites excluding steroid dienone is 4. The summed E-state index contributed by atoms with van der Waals surface area (Å²) in [6.45, 7) is 3.11. The summed E-state index contributed by atoms with van der Waals surface area (Å²) in [5.41, 5.74) is 0. The van der Waals surface area contributed by atoms with E-state index in [0.717, 1.165) is 26.2 Å². The maximum absolute atomic E-state index is 10.8. The standard InChI is InChI=1S/2C6H2Cl2O4.2C3H6N2O/c2*7-1-3(9)5(11)2(8)6(12)4(1)10;2*6-3-4-1-2-5-3/h2*9,12H;2*1-2H2,(H2,4,5,6). The van der Waals surface area contributed by atoms with Crippen molar-refractivity contribution in [2.24, 2.45) is 0 Å². The Morgan fingerprint density at radius 3 is 0.694 bits per heavy atom. The molecule has 36 heavy (non-hydrogen) atoms. The van der Waals surface area contributed by atoms with E-state index in [-0.39, 0.29) is 12.1 Å². The molecule has 2 heterocycles. The van der Waals surface area contributed by atoms with Gasteiger partial charge in [-0.2, -0.15) is 0 Å². The predicted octanol–water partition coefficient (Wildman–Crippen LogP) is 0.908. The van der Waals surface area contributed by atoms with Crippen LogP contribution in [0, 0.1) is 0 Å². The van der Waals surface area contributed by atoms with E-state index in [1.807, 2.05) is 0 Å². The number of nitrogens with one attached hydrogen (secondary N) is 4. The molecule has 2 saturated heterocycles. The molecule has 0 atom stereocenters. The van der Waals surface area contributed by atoms with E-state index in [1.165, 1.54) is 0 Å². The molecule has 2 fully saturated rings. The maximum atomic E-state index is 10.8. The SMILES string of the molecule is O=C1C(O)=C(Cl)C(=O)C(O)=C1Cl.O=C1C(O)=C(Cl)C(=O)C(O)=C1Cl.O=C1NCCN1.O=C1NCCN1. The number of carbonyl (C=O) groups excluding carboxylic acids is 6. The molecule has 0 aromatic heterocycles. The number of ketones is 4. The van der Waals surface area contributed by atoms with Gasteiger partial charge in [-0.3, -0.25) is 19.2 Å². The van der Waals surface area contributed by atoms with Crippen molar-refractivity contribution in [2.75, 3.05) is 26.2 Å². The Labute approximate surface area is 221 Å². The monoisotopic (exact) mass is 588 g/mol. The molecule has 0 unspecified atom stereocenters. The minimum atomic E-state index is -1.06. The molecule has 0 radical (unpaired) electrons. The average molecular weight is 590 g/mol. The minimum absolute atomic E-state index is 0.0463. The summed E-state index contributed by atoms with van der Waals surface area (Å²) in [6, 6.07) is -0.0926. The van der Waals surface area contributed by atoms with Gasteiger partial charge in [-0.05, 0) is 0 Å². The normalized spacial score (nSPS) is 19.3. The number of hydrogen-bond donors (Lipinski definition) is 8. The van der Waals surface area contributed by atoms with Gasteiger partial charge in [0.25, 0.3) is 0 Å². The summed E-state index contributed by atoms with van der Waals surface area (Å²) in [5, 5.41) is 42.8. The van der Waals surface area contributed by atoms with Crippen molar-refractivity contribution in [2.45, 2.75) is 0 Å². The number of carbonyl (C=O) groups is 6. The van der Waals surface area contributed by atoms with Crippen molar-refractivity contribution in [3.05, 3.63) is 43.2 Å². The van der Waals surface area contributed by atoms with Gasteiger partial charge < -0.3 is 41.7 Å². The second-order valence-corrected chi connectivity index (χ2v) is 7.84. The van der Waals surface area contributed by atoms with Crippen molar-refractivity contribution in [1.29, 1.82) is 0 Å². The van der Waals surface area contributed by atoms with E-state index in [4.69, 9.17) is 66.8 Å². The lowest BCUT2D eigenvalue weighted by Crippen LogP contribution is -2.20. The molecule has 14 nitrogen and oxygen atoms in total. The number of aliphatic hydroxyl groups excluding tert-OH is 4. The Balaban J connectivity index is 0.000000252. The first kappa shape index (κ1) is 30.6. The highest BCUT2D eigenvalue weighted by atomic mass is 35.5. The molecule has 18 heteroatoms. The molecule has 0 aromatic rings. The van der Waals surface area contributed by atoms with E-state index in [0.29, 0.717) is 0 Å². The van der Waals surface area contributed by atoms with Gasteiger partial charge in [0, 0.05) is 26.2 Å². The Morgan fingerprint density at radius 2 is 0.583 bits per heavy atom. The van der Waals surface area contributed by atoms with E-state index >= 15 is 0 Å². The van der Waals surface area contributed by atoms with Gasteiger partial charge >= 0.3 is 12.1 Å². The Hall–Kier alpha value is -3.46. The highest BCUT2D eigenvalue weighted by molar-refractivity contribution is 6.56. The first-order chi connectivity index (χ1) is 16.7. The van der Waals surface area contributed by atoms with Crippen molar-refractivity contribution in [3.63, 3.8) is 0 Å².